The Bertz CT molecular complexity index is 1360. The number of fused-ring (bicyclic) bond motifs is 2. The molecule has 156 valence electrons. The number of rotatable bonds is 4. The van der Waals surface area contributed by atoms with E-state index in [1.54, 1.807) is 30.3 Å². The van der Waals surface area contributed by atoms with Crippen molar-refractivity contribution < 1.29 is 23.8 Å². The van der Waals surface area contributed by atoms with Crippen molar-refractivity contribution in [3.05, 3.63) is 70.4 Å². The Morgan fingerprint density at radius 3 is 2.48 bits per heavy atom. The van der Waals surface area contributed by atoms with Gasteiger partial charge in [0.15, 0.2) is 11.2 Å². The lowest BCUT2D eigenvalue weighted by Gasteiger charge is -2.20. The molecule has 2 aliphatic rings. The number of ketones is 1. The Balaban J connectivity index is 2.13. The van der Waals surface area contributed by atoms with Crippen molar-refractivity contribution in [1.29, 1.82) is 0 Å². The summed E-state index contributed by atoms with van der Waals surface area (Å²) in [6.07, 6.45) is 0. The standard InChI is InChI=1S/C25H20O6/c1-25(2,3)24(29)14-4-9-20(30-13-26)19(10-14)23-17-7-5-15(27)11-21(17)31-22-12-16(28)6-8-18(22)23/h4-13,27H,1-3H3. The summed E-state index contributed by atoms with van der Waals surface area (Å²) in [5.41, 5.74) is 1.69. The number of ether oxygens (including phenoxy) is 1. The molecule has 6 heteroatoms. The third kappa shape index (κ3) is 3.68. The molecule has 1 heterocycles. The number of hydrogen-bond acceptors (Lipinski definition) is 6. The van der Waals surface area contributed by atoms with Crippen LogP contribution in [0.1, 0.15) is 31.1 Å². The van der Waals surface area contributed by atoms with Crippen LogP contribution in [0.4, 0.5) is 0 Å². The fraction of sp³-hybridized carbons (Fsp3) is 0.160. The van der Waals surface area contributed by atoms with Crippen molar-refractivity contribution in [2.45, 2.75) is 20.8 Å². The fourth-order valence-electron chi connectivity index (χ4n) is 3.60. The van der Waals surface area contributed by atoms with Crippen LogP contribution in [0.15, 0.2) is 63.8 Å². The Hall–Kier alpha value is -3.93. The van der Waals surface area contributed by atoms with E-state index in [0.29, 0.717) is 45.5 Å². The maximum atomic E-state index is 12.9. The minimum atomic E-state index is -0.607. The van der Waals surface area contributed by atoms with E-state index in [-0.39, 0.29) is 22.7 Å². The highest BCUT2D eigenvalue weighted by Crippen LogP contribution is 2.44. The summed E-state index contributed by atoms with van der Waals surface area (Å²) < 4.78 is 11.1. The van der Waals surface area contributed by atoms with Crippen LogP contribution in [0.3, 0.4) is 0 Å². The molecule has 4 rings (SSSR count). The van der Waals surface area contributed by atoms with Gasteiger partial charge in [0.25, 0.3) is 6.47 Å². The van der Waals surface area contributed by atoms with Crippen LogP contribution >= 0.6 is 0 Å². The molecule has 0 spiro atoms. The molecule has 0 saturated heterocycles. The number of phenols is 1. The zero-order valence-corrected chi connectivity index (χ0v) is 17.3. The summed E-state index contributed by atoms with van der Waals surface area (Å²) >= 11 is 0. The molecular formula is C25H20O6. The predicted octanol–water partition coefficient (Wildman–Crippen LogP) is 5.03. The van der Waals surface area contributed by atoms with Gasteiger partial charge in [-0.05, 0) is 42.5 Å². The molecule has 0 aromatic heterocycles. The first kappa shape index (κ1) is 20.3. The first-order valence-electron chi connectivity index (χ1n) is 9.68. The predicted molar refractivity (Wildman–Crippen MR) is 117 cm³/mol. The number of hydrogen-bond donors (Lipinski definition) is 1. The average molecular weight is 416 g/mol. The van der Waals surface area contributed by atoms with E-state index >= 15 is 0 Å². The second kappa shape index (κ2) is 7.40. The van der Waals surface area contributed by atoms with Gasteiger partial charge in [0.2, 0.25) is 0 Å². The first-order valence-corrected chi connectivity index (χ1v) is 9.68. The van der Waals surface area contributed by atoms with Crippen LogP contribution in [0.2, 0.25) is 0 Å². The molecule has 6 nitrogen and oxygen atoms in total. The molecule has 0 radical (unpaired) electrons. The van der Waals surface area contributed by atoms with Gasteiger partial charge < -0.3 is 14.3 Å². The van der Waals surface area contributed by atoms with Crippen molar-refractivity contribution in [3.63, 3.8) is 0 Å². The van der Waals surface area contributed by atoms with Gasteiger partial charge in [-0.1, -0.05) is 20.8 Å². The van der Waals surface area contributed by atoms with Gasteiger partial charge in [0, 0.05) is 45.2 Å². The van der Waals surface area contributed by atoms with Crippen molar-refractivity contribution in [1.82, 2.24) is 0 Å². The van der Waals surface area contributed by atoms with E-state index in [1.165, 1.54) is 24.3 Å². The molecule has 0 atom stereocenters. The molecule has 0 fully saturated rings. The summed E-state index contributed by atoms with van der Waals surface area (Å²) in [7, 11) is 0. The van der Waals surface area contributed by atoms with Crippen LogP contribution in [-0.4, -0.2) is 17.4 Å². The monoisotopic (exact) mass is 416 g/mol. The van der Waals surface area contributed by atoms with Crippen LogP contribution in [-0.2, 0) is 4.79 Å². The molecule has 2 aromatic rings. The number of carbonyl (C=O) groups excluding carboxylic acids is 2. The maximum Gasteiger partial charge on any atom is 0.298 e. The molecule has 31 heavy (non-hydrogen) atoms. The smallest absolute Gasteiger partial charge is 0.298 e. The van der Waals surface area contributed by atoms with Gasteiger partial charge >= 0.3 is 0 Å². The summed E-state index contributed by atoms with van der Waals surface area (Å²) in [6, 6.07) is 13.9. The molecule has 1 aliphatic heterocycles. The first-order chi connectivity index (χ1) is 14.7. The van der Waals surface area contributed by atoms with Crippen molar-refractivity contribution in [3.8, 4) is 33.9 Å². The molecule has 0 bridgehead atoms. The minimum absolute atomic E-state index is 0.000791. The summed E-state index contributed by atoms with van der Waals surface area (Å²) in [6.45, 7) is 5.81. The molecule has 0 unspecified atom stereocenters. The SMILES string of the molecule is CC(C)(C)C(=O)c1ccc(OC=O)c(-c2c3ccc(=O)cc-3oc3cc(O)ccc23)c1. The number of Topliss-reactive ketones (excluding diaryl/α,β-unsaturated/α-hetero) is 1. The second-order valence-electron chi connectivity index (χ2n) is 8.32. The third-order valence-electron chi connectivity index (χ3n) is 5.04. The van der Waals surface area contributed by atoms with E-state index in [2.05, 4.69) is 0 Å². The van der Waals surface area contributed by atoms with Crippen LogP contribution in [0.5, 0.6) is 11.5 Å². The normalized spacial score (nSPS) is 11.6. The highest BCUT2D eigenvalue weighted by molar-refractivity contribution is 6.06. The minimum Gasteiger partial charge on any atom is -0.508 e. The number of aromatic hydroxyl groups is 1. The van der Waals surface area contributed by atoms with Crippen LogP contribution in [0, 0.1) is 5.41 Å². The van der Waals surface area contributed by atoms with E-state index in [9.17, 15) is 19.5 Å². The Morgan fingerprint density at radius 2 is 1.77 bits per heavy atom. The number of carbonyl (C=O) groups is 2. The lowest BCUT2D eigenvalue weighted by atomic mass is 9.84. The number of phenolic OH excluding ortho intramolecular Hbond substituents is 1. The maximum absolute atomic E-state index is 12.9. The molecule has 2 aromatic carbocycles. The highest BCUT2D eigenvalue weighted by atomic mass is 16.5. The summed E-state index contributed by atoms with van der Waals surface area (Å²) in [5, 5.41) is 10.6. The van der Waals surface area contributed by atoms with Gasteiger partial charge in [0.1, 0.15) is 22.8 Å². The lowest BCUT2D eigenvalue weighted by Crippen LogP contribution is -2.20. The second-order valence-corrected chi connectivity index (χ2v) is 8.32. The molecule has 0 amide bonds. The quantitative estimate of drug-likeness (QED) is 0.285. The van der Waals surface area contributed by atoms with E-state index < -0.39 is 5.41 Å². The summed E-state index contributed by atoms with van der Waals surface area (Å²) in [5.74, 6) is 0.500. The topological polar surface area (TPSA) is 93.8 Å². The van der Waals surface area contributed by atoms with Gasteiger partial charge in [-0.25, -0.2) is 0 Å². The zero-order valence-electron chi connectivity index (χ0n) is 17.3. The largest absolute Gasteiger partial charge is 0.508 e. The van der Waals surface area contributed by atoms with E-state index in [0.717, 1.165) is 0 Å². The zero-order chi connectivity index (χ0) is 22.3. The molecule has 1 N–H and O–H groups in total. The fourth-order valence-corrected chi connectivity index (χ4v) is 3.60. The third-order valence-corrected chi connectivity index (χ3v) is 5.04. The van der Waals surface area contributed by atoms with Crippen molar-refractivity contribution >= 4 is 23.2 Å². The lowest BCUT2D eigenvalue weighted by molar-refractivity contribution is -0.120. The van der Waals surface area contributed by atoms with E-state index in [1.807, 2.05) is 20.8 Å². The van der Waals surface area contributed by atoms with E-state index in [4.69, 9.17) is 9.15 Å². The molecule has 0 saturated carbocycles. The summed E-state index contributed by atoms with van der Waals surface area (Å²) in [4.78, 5) is 36.0. The van der Waals surface area contributed by atoms with Crippen molar-refractivity contribution in [2.75, 3.05) is 0 Å². The van der Waals surface area contributed by atoms with Crippen LogP contribution < -0.4 is 10.2 Å². The van der Waals surface area contributed by atoms with Gasteiger partial charge in [-0.15, -0.1) is 0 Å². The van der Waals surface area contributed by atoms with Gasteiger partial charge in [0.05, 0.1) is 0 Å². The highest BCUT2D eigenvalue weighted by Gasteiger charge is 2.26. The number of benzene rings is 3. The Labute approximate surface area is 178 Å². The Kier molecular flexibility index (Phi) is 4.85. The van der Waals surface area contributed by atoms with Crippen molar-refractivity contribution in [2.24, 2.45) is 5.41 Å². The Morgan fingerprint density at radius 1 is 1.00 bits per heavy atom. The average Bonchev–Trinajstić information content (AvgIpc) is 2.71. The van der Waals surface area contributed by atoms with Gasteiger partial charge in [-0.2, -0.15) is 0 Å². The van der Waals surface area contributed by atoms with Gasteiger partial charge in [-0.3, -0.25) is 14.4 Å². The molecule has 1 aliphatic carbocycles. The molecular weight excluding hydrogens is 396 g/mol. The van der Waals surface area contributed by atoms with Crippen LogP contribution in [0.25, 0.3) is 33.4 Å².